The third-order valence-electron chi connectivity index (χ3n) is 5.06. The number of rotatable bonds is 6. The summed E-state index contributed by atoms with van der Waals surface area (Å²) < 4.78 is 17.3. The molecule has 30 heavy (non-hydrogen) atoms. The normalized spacial score (nSPS) is 11.1. The highest BCUT2D eigenvalue weighted by Gasteiger charge is 2.19. The predicted octanol–water partition coefficient (Wildman–Crippen LogP) is 4.40. The smallest absolute Gasteiger partial charge is 0.196 e. The summed E-state index contributed by atoms with van der Waals surface area (Å²) in [6, 6.07) is 11.7. The fourth-order valence-electron chi connectivity index (χ4n) is 3.22. The molecule has 0 spiro atoms. The minimum absolute atomic E-state index is 0.0281. The van der Waals surface area contributed by atoms with Crippen LogP contribution in [-0.2, 0) is 7.05 Å². The standard InChI is InChI=1S/C22H20FN5OS/c1-14-12-19(15(2)27(14)3)20(29)13-30-22-26-25-21(16-8-10-24-11-9-16)28(22)18-6-4-17(23)5-7-18/h4-12H,13H2,1-3H3. The zero-order valence-corrected chi connectivity index (χ0v) is 17.7. The van der Waals surface area contributed by atoms with E-state index in [1.807, 2.05) is 48.2 Å². The number of halogens is 1. The van der Waals surface area contributed by atoms with E-state index in [1.165, 1.54) is 23.9 Å². The zero-order chi connectivity index (χ0) is 21.3. The van der Waals surface area contributed by atoms with E-state index in [0.717, 1.165) is 22.6 Å². The van der Waals surface area contributed by atoms with Crippen molar-refractivity contribution in [2.75, 3.05) is 5.75 Å². The molecule has 0 amide bonds. The van der Waals surface area contributed by atoms with E-state index in [2.05, 4.69) is 15.2 Å². The maximum Gasteiger partial charge on any atom is 0.196 e. The lowest BCUT2D eigenvalue weighted by Crippen LogP contribution is -2.06. The number of aryl methyl sites for hydroxylation is 1. The maximum atomic E-state index is 13.5. The minimum atomic E-state index is -0.323. The Labute approximate surface area is 177 Å². The summed E-state index contributed by atoms with van der Waals surface area (Å²) in [4.78, 5) is 16.9. The van der Waals surface area contributed by atoms with Crippen molar-refractivity contribution in [3.05, 3.63) is 77.6 Å². The van der Waals surface area contributed by atoms with Crippen LogP contribution in [0.25, 0.3) is 17.1 Å². The molecular weight excluding hydrogens is 401 g/mol. The molecule has 4 aromatic rings. The van der Waals surface area contributed by atoms with Crippen LogP contribution in [0.5, 0.6) is 0 Å². The van der Waals surface area contributed by atoms with E-state index in [1.54, 1.807) is 24.5 Å². The average Bonchev–Trinajstić information content (AvgIpc) is 3.30. The maximum absolute atomic E-state index is 13.5. The van der Waals surface area contributed by atoms with Crippen LogP contribution in [0.1, 0.15) is 21.7 Å². The van der Waals surface area contributed by atoms with E-state index >= 15 is 0 Å². The molecule has 0 unspecified atom stereocenters. The van der Waals surface area contributed by atoms with Gasteiger partial charge in [0.05, 0.1) is 5.75 Å². The number of pyridine rings is 1. The first-order valence-electron chi connectivity index (χ1n) is 9.36. The van der Waals surface area contributed by atoms with E-state index in [-0.39, 0.29) is 17.4 Å². The number of Topliss-reactive ketones (excluding diaryl/α,β-unsaturated/α-hetero) is 1. The van der Waals surface area contributed by atoms with Gasteiger partial charge in [0.15, 0.2) is 16.8 Å². The number of hydrogen-bond donors (Lipinski definition) is 0. The van der Waals surface area contributed by atoms with Gasteiger partial charge in [-0.25, -0.2) is 4.39 Å². The summed E-state index contributed by atoms with van der Waals surface area (Å²) >= 11 is 1.31. The van der Waals surface area contributed by atoms with Crippen molar-refractivity contribution in [1.29, 1.82) is 0 Å². The van der Waals surface area contributed by atoms with E-state index < -0.39 is 0 Å². The summed E-state index contributed by atoms with van der Waals surface area (Å²) in [7, 11) is 1.95. The Morgan fingerprint density at radius 3 is 2.40 bits per heavy atom. The van der Waals surface area contributed by atoms with E-state index in [0.29, 0.717) is 16.5 Å². The number of benzene rings is 1. The number of ketones is 1. The van der Waals surface area contributed by atoms with Crippen LogP contribution in [0.15, 0.2) is 60.0 Å². The van der Waals surface area contributed by atoms with Gasteiger partial charge in [0.1, 0.15) is 5.82 Å². The van der Waals surface area contributed by atoms with E-state index in [4.69, 9.17) is 0 Å². The van der Waals surface area contributed by atoms with Crippen molar-refractivity contribution >= 4 is 17.5 Å². The topological polar surface area (TPSA) is 65.6 Å². The molecular formula is C22H20FN5OS. The van der Waals surface area contributed by atoms with E-state index in [9.17, 15) is 9.18 Å². The van der Waals surface area contributed by atoms with Crippen LogP contribution in [0.2, 0.25) is 0 Å². The van der Waals surface area contributed by atoms with Gasteiger partial charge in [-0.3, -0.25) is 14.3 Å². The van der Waals surface area contributed by atoms with Gasteiger partial charge in [0.2, 0.25) is 0 Å². The van der Waals surface area contributed by atoms with Gasteiger partial charge in [0, 0.05) is 47.6 Å². The summed E-state index contributed by atoms with van der Waals surface area (Å²) in [5.41, 5.74) is 4.24. The molecule has 0 aliphatic rings. The number of nitrogens with zero attached hydrogens (tertiary/aromatic N) is 5. The van der Waals surface area contributed by atoms with Crippen LogP contribution >= 0.6 is 11.8 Å². The Kier molecular flexibility index (Phi) is 5.50. The molecule has 0 radical (unpaired) electrons. The largest absolute Gasteiger partial charge is 0.351 e. The van der Waals surface area contributed by atoms with Crippen molar-refractivity contribution < 1.29 is 9.18 Å². The molecule has 0 saturated heterocycles. The second kappa shape index (κ2) is 8.23. The van der Waals surface area contributed by atoms with Gasteiger partial charge in [-0.1, -0.05) is 11.8 Å². The fourth-order valence-corrected chi connectivity index (χ4v) is 4.06. The summed E-state index contributed by atoms with van der Waals surface area (Å²) in [6.07, 6.45) is 3.35. The number of aromatic nitrogens is 5. The van der Waals surface area contributed by atoms with Crippen LogP contribution < -0.4 is 0 Å². The molecule has 4 rings (SSSR count). The molecule has 0 N–H and O–H groups in total. The van der Waals surface area contributed by atoms with Crippen LogP contribution in [0.4, 0.5) is 4.39 Å². The lowest BCUT2D eigenvalue weighted by Gasteiger charge is -2.10. The molecule has 0 aliphatic heterocycles. The Morgan fingerprint density at radius 1 is 1.07 bits per heavy atom. The minimum Gasteiger partial charge on any atom is -0.351 e. The molecule has 0 bridgehead atoms. The van der Waals surface area contributed by atoms with Crippen molar-refractivity contribution in [3.8, 4) is 17.1 Å². The molecule has 6 nitrogen and oxygen atoms in total. The average molecular weight is 422 g/mol. The Hall–Kier alpha value is -3.26. The summed E-state index contributed by atoms with van der Waals surface area (Å²) in [6.45, 7) is 3.91. The third kappa shape index (κ3) is 3.78. The first-order chi connectivity index (χ1) is 14.5. The van der Waals surface area contributed by atoms with Crippen LogP contribution in [0.3, 0.4) is 0 Å². The van der Waals surface area contributed by atoms with Gasteiger partial charge < -0.3 is 4.57 Å². The second-order valence-electron chi connectivity index (χ2n) is 6.91. The summed E-state index contributed by atoms with van der Waals surface area (Å²) in [5, 5.41) is 9.20. The molecule has 0 aliphatic carbocycles. The predicted molar refractivity (Wildman–Crippen MR) is 114 cm³/mol. The SMILES string of the molecule is Cc1cc(C(=O)CSc2nnc(-c3ccncc3)n2-c2ccc(F)cc2)c(C)n1C. The lowest BCUT2D eigenvalue weighted by atomic mass is 10.2. The monoisotopic (exact) mass is 421 g/mol. The Bertz CT molecular complexity index is 1200. The molecule has 0 fully saturated rings. The van der Waals surface area contributed by atoms with Gasteiger partial charge in [-0.2, -0.15) is 0 Å². The van der Waals surface area contributed by atoms with Crippen LogP contribution in [0, 0.1) is 19.7 Å². The van der Waals surface area contributed by atoms with Crippen LogP contribution in [-0.4, -0.2) is 35.9 Å². The molecule has 0 saturated carbocycles. The first kappa shape index (κ1) is 20.0. The lowest BCUT2D eigenvalue weighted by molar-refractivity contribution is 0.102. The highest BCUT2D eigenvalue weighted by atomic mass is 32.2. The van der Waals surface area contributed by atoms with Crippen molar-refractivity contribution in [2.24, 2.45) is 7.05 Å². The zero-order valence-electron chi connectivity index (χ0n) is 16.8. The molecule has 1 aromatic carbocycles. The third-order valence-corrected chi connectivity index (χ3v) is 5.99. The first-order valence-corrected chi connectivity index (χ1v) is 10.3. The number of carbonyl (C=O) groups excluding carboxylic acids is 1. The molecule has 152 valence electrons. The molecule has 3 heterocycles. The Balaban J connectivity index is 1.68. The highest BCUT2D eigenvalue weighted by Crippen LogP contribution is 2.28. The van der Waals surface area contributed by atoms with Gasteiger partial charge in [0.25, 0.3) is 0 Å². The van der Waals surface area contributed by atoms with Crippen molar-refractivity contribution in [3.63, 3.8) is 0 Å². The molecule has 8 heteroatoms. The second-order valence-corrected chi connectivity index (χ2v) is 7.85. The quantitative estimate of drug-likeness (QED) is 0.341. The number of hydrogen-bond acceptors (Lipinski definition) is 5. The summed E-state index contributed by atoms with van der Waals surface area (Å²) in [5.74, 6) is 0.530. The van der Waals surface area contributed by atoms with Gasteiger partial charge in [-0.05, 0) is 56.3 Å². The number of thioether (sulfide) groups is 1. The van der Waals surface area contributed by atoms with Crippen molar-refractivity contribution in [1.82, 2.24) is 24.3 Å². The van der Waals surface area contributed by atoms with Gasteiger partial charge in [-0.15, -0.1) is 10.2 Å². The van der Waals surface area contributed by atoms with Crippen molar-refractivity contribution in [2.45, 2.75) is 19.0 Å². The highest BCUT2D eigenvalue weighted by molar-refractivity contribution is 7.99. The number of carbonyl (C=O) groups is 1. The fraction of sp³-hybridized carbons (Fsp3) is 0.182. The molecule has 3 aromatic heterocycles. The molecule has 0 atom stereocenters. The van der Waals surface area contributed by atoms with Gasteiger partial charge >= 0.3 is 0 Å². The Morgan fingerprint density at radius 2 is 1.77 bits per heavy atom.